The predicted octanol–water partition coefficient (Wildman–Crippen LogP) is 4.93. The molecule has 14 heavy (non-hydrogen) atoms. The molecule has 0 saturated carbocycles. The highest BCUT2D eigenvalue weighted by Crippen LogP contribution is 2.39. The van der Waals surface area contributed by atoms with Crippen LogP contribution >= 0.6 is 90.4 Å². The number of phenolic OH excluding ortho intramolecular Hbond substituents is 1. The molecule has 1 aromatic rings. The van der Waals surface area contributed by atoms with E-state index in [1.54, 1.807) is 0 Å². The Morgan fingerprint density at radius 1 is 0.857 bits per heavy atom. The van der Waals surface area contributed by atoms with Crippen molar-refractivity contribution < 1.29 is 5.11 Å². The van der Waals surface area contributed by atoms with Gasteiger partial charge in [0, 0.05) is 7.14 Å². The van der Waals surface area contributed by atoms with Crippen LogP contribution in [0.2, 0.25) is 0 Å². The lowest BCUT2D eigenvalue weighted by atomic mass is 10.0. The minimum Gasteiger partial charge on any atom is -0.506 e. The maximum atomic E-state index is 9.92. The van der Waals surface area contributed by atoms with Gasteiger partial charge in [0.2, 0.25) is 0 Å². The molecule has 0 fully saturated rings. The van der Waals surface area contributed by atoms with E-state index in [9.17, 15) is 5.11 Å². The standard InChI is InChI=1S/C9H8I4O/c1-3(2)4-5(10)7(12)8(13)9(14)6(4)11/h3,14H,1-2H3. The van der Waals surface area contributed by atoms with Crippen molar-refractivity contribution in [3.63, 3.8) is 0 Å². The SMILES string of the molecule is CC(C)c1c(I)c(O)c(I)c(I)c1I. The largest absolute Gasteiger partial charge is 0.506 e. The van der Waals surface area contributed by atoms with E-state index in [4.69, 9.17) is 0 Å². The molecular formula is C9H8I4O. The highest BCUT2D eigenvalue weighted by molar-refractivity contribution is 14.1. The molecule has 1 aromatic carbocycles. The van der Waals surface area contributed by atoms with Crippen molar-refractivity contribution in [3.05, 3.63) is 19.8 Å². The number of hydrogen-bond acceptors (Lipinski definition) is 1. The van der Waals surface area contributed by atoms with Crippen LogP contribution in [0.1, 0.15) is 25.3 Å². The molecule has 0 atom stereocenters. The van der Waals surface area contributed by atoms with E-state index in [2.05, 4.69) is 104 Å². The molecule has 0 bridgehead atoms. The smallest absolute Gasteiger partial charge is 0.143 e. The normalized spacial score (nSPS) is 11.1. The third-order valence-electron chi connectivity index (χ3n) is 1.85. The fourth-order valence-corrected chi connectivity index (χ4v) is 6.10. The van der Waals surface area contributed by atoms with Crippen molar-refractivity contribution in [2.24, 2.45) is 0 Å². The lowest BCUT2D eigenvalue weighted by Crippen LogP contribution is -2.01. The second kappa shape index (κ2) is 5.52. The Kier molecular flexibility index (Phi) is 5.52. The number of benzene rings is 1. The van der Waals surface area contributed by atoms with Gasteiger partial charge < -0.3 is 5.11 Å². The van der Waals surface area contributed by atoms with E-state index in [0.717, 1.165) is 10.7 Å². The van der Waals surface area contributed by atoms with Crippen LogP contribution in [0, 0.1) is 14.3 Å². The Bertz CT molecular complexity index is 345. The zero-order valence-electron chi connectivity index (χ0n) is 7.54. The van der Waals surface area contributed by atoms with E-state index in [-0.39, 0.29) is 0 Å². The monoisotopic (exact) mass is 640 g/mol. The molecule has 0 amide bonds. The first-order valence-corrected chi connectivity index (χ1v) is 8.24. The second-order valence-corrected chi connectivity index (χ2v) is 7.49. The second-order valence-electron chi connectivity index (χ2n) is 3.17. The summed E-state index contributed by atoms with van der Waals surface area (Å²) in [6, 6.07) is 0. The molecule has 0 aliphatic carbocycles. The van der Waals surface area contributed by atoms with Crippen LogP contribution in [0.25, 0.3) is 0 Å². The summed E-state index contributed by atoms with van der Waals surface area (Å²) in [6.07, 6.45) is 0. The van der Waals surface area contributed by atoms with Crippen molar-refractivity contribution in [1.82, 2.24) is 0 Å². The Hall–Kier alpha value is 1.94. The number of rotatable bonds is 1. The summed E-state index contributed by atoms with van der Waals surface area (Å²) in [5, 5.41) is 9.92. The van der Waals surface area contributed by atoms with Crippen molar-refractivity contribution in [1.29, 1.82) is 0 Å². The van der Waals surface area contributed by atoms with Gasteiger partial charge in [-0.2, -0.15) is 0 Å². The fourth-order valence-electron chi connectivity index (χ4n) is 1.15. The minimum atomic E-state index is 0.430. The van der Waals surface area contributed by atoms with Crippen molar-refractivity contribution in [2.45, 2.75) is 19.8 Å². The summed E-state index contributed by atoms with van der Waals surface area (Å²) >= 11 is 9.07. The van der Waals surface area contributed by atoms with Gasteiger partial charge in [-0.05, 0) is 102 Å². The molecule has 0 aliphatic heterocycles. The van der Waals surface area contributed by atoms with Gasteiger partial charge in [0.05, 0.1) is 7.14 Å². The number of halogens is 4. The number of phenols is 1. The summed E-state index contributed by atoms with van der Waals surface area (Å²) in [4.78, 5) is 0. The summed E-state index contributed by atoms with van der Waals surface area (Å²) < 4.78 is 4.38. The lowest BCUT2D eigenvalue weighted by Gasteiger charge is -2.15. The van der Waals surface area contributed by atoms with Crippen LogP contribution in [0.5, 0.6) is 5.75 Å². The topological polar surface area (TPSA) is 20.2 Å². The summed E-state index contributed by atoms with van der Waals surface area (Å²) in [6.45, 7) is 4.31. The van der Waals surface area contributed by atoms with Gasteiger partial charge in [-0.1, -0.05) is 13.8 Å². The van der Waals surface area contributed by atoms with Crippen LogP contribution in [-0.2, 0) is 0 Å². The van der Waals surface area contributed by atoms with Gasteiger partial charge in [0.25, 0.3) is 0 Å². The van der Waals surface area contributed by atoms with E-state index in [1.165, 1.54) is 9.13 Å². The van der Waals surface area contributed by atoms with Crippen LogP contribution in [0.4, 0.5) is 0 Å². The van der Waals surface area contributed by atoms with Crippen LogP contribution in [0.3, 0.4) is 0 Å². The van der Waals surface area contributed by atoms with E-state index in [1.807, 2.05) is 0 Å². The minimum absolute atomic E-state index is 0.430. The van der Waals surface area contributed by atoms with Crippen LogP contribution in [-0.4, -0.2) is 5.11 Å². The maximum Gasteiger partial charge on any atom is 0.143 e. The average Bonchev–Trinajstić information content (AvgIpc) is 2.11. The van der Waals surface area contributed by atoms with Gasteiger partial charge in [0.15, 0.2) is 0 Å². The quantitative estimate of drug-likeness (QED) is 0.263. The van der Waals surface area contributed by atoms with Crippen molar-refractivity contribution in [3.8, 4) is 5.75 Å². The zero-order valence-corrected chi connectivity index (χ0v) is 16.2. The zero-order chi connectivity index (χ0) is 11.0. The third kappa shape index (κ3) is 2.60. The molecule has 0 spiro atoms. The summed E-state index contributed by atoms with van der Waals surface area (Å²) in [7, 11) is 0. The van der Waals surface area contributed by atoms with E-state index >= 15 is 0 Å². The van der Waals surface area contributed by atoms with Gasteiger partial charge in [-0.3, -0.25) is 0 Å². The summed E-state index contributed by atoms with van der Waals surface area (Å²) in [5.74, 6) is 0.880. The molecule has 0 radical (unpaired) electrons. The lowest BCUT2D eigenvalue weighted by molar-refractivity contribution is 0.465. The predicted molar refractivity (Wildman–Crippen MR) is 93.1 cm³/mol. The molecule has 0 saturated heterocycles. The van der Waals surface area contributed by atoms with Crippen LogP contribution < -0.4 is 0 Å². The highest BCUT2D eigenvalue weighted by atomic mass is 127. The molecular weight excluding hydrogens is 632 g/mol. The molecule has 1 nitrogen and oxygen atoms in total. The molecule has 0 heterocycles. The molecule has 78 valence electrons. The maximum absolute atomic E-state index is 9.92. The fraction of sp³-hybridized carbons (Fsp3) is 0.333. The molecule has 0 aromatic heterocycles. The average molecular weight is 640 g/mol. The van der Waals surface area contributed by atoms with Crippen molar-refractivity contribution >= 4 is 90.4 Å². The Morgan fingerprint density at radius 2 is 1.36 bits per heavy atom. The Balaban J connectivity index is 3.60. The van der Waals surface area contributed by atoms with Gasteiger partial charge in [-0.15, -0.1) is 0 Å². The van der Waals surface area contributed by atoms with Gasteiger partial charge >= 0.3 is 0 Å². The van der Waals surface area contributed by atoms with Crippen molar-refractivity contribution in [2.75, 3.05) is 0 Å². The number of hydrogen-bond donors (Lipinski definition) is 1. The highest BCUT2D eigenvalue weighted by Gasteiger charge is 2.19. The van der Waals surface area contributed by atoms with E-state index < -0.39 is 0 Å². The van der Waals surface area contributed by atoms with Gasteiger partial charge in [-0.25, -0.2) is 0 Å². The molecule has 0 aliphatic rings. The summed E-state index contributed by atoms with van der Waals surface area (Å²) in [5.41, 5.74) is 1.26. The Morgan fingerprint density at radius 3 is 1.79 bits per heavy atom. The van der Waals surface area contributed by atoms with Gasteiger partial charge in [0.1, 0.15) is 5.75 Å². The molecule has 0 unspecified atom stereocenters. The van der Waals surface area contributed by atoms with E-state index in [0.29, 0.717) is 11.7 Å². The first-order chi connectivity index (χ1) is 6.37. The Labute approximate surface area is 138 Å². The molecule has 1 rings (SSSR count). The first kappa shape index (κ1) is 14.0. The molecule has 1 N–H and O–H groups in total. The van der Waals surface area contributed by atoms with Crippen LogP contribution in [0.15, 0.2) is 0 Å². The third-order valence-corrected chi connectivity index (χ3v) is 8.26. The number of aromatic hydroxyl groups is 1. The molecule has 5 heteroatoms. The first-order valence-electron chi connectivity index (χ1n) is 3.92.